The molecule has 3 atom stereocenters. The maximum absolute atomic E-state index is 12.4. The van der Waals surface area contributed by atoms with E-state index in [0.29, 0.717) is 16.4 Å². The lowest BCUT2D eigenvalue weighted by Crippen LogP contribution is -2.44. The lowest BCUT2D eigenvalue weighted by molar-refractivity contribution is -0.701. The minimum Gasteiger partial charge on any atom is -0.347 e. The molecule has 136 valence electrons. The fourth-order valence-corrected chi connectivity index (χ4v) is 5.04. The highest BCUT2D eigenvalue weighted by atomic mass is 32.2. The van der Waals surface area contributed by atoms with Gasteiger partial charge in [-0.3, -0.25) is 0 Å². The van der Waals surface area contributed by atoms with E-state index in [9.17, 15) is 18.4 Å². The average Bonchev–Trinajstić information content (AvgIpc) is 3.15. The van der Waals surface area contributed by atoms with Crippen molar-refractivity contribution in [1.29, 1.82) is 0 Å². The minimum absolute atomic E-state index is 0.0143. The number of amides is 2. The first-order valence-corrected chi connectivity index (χ1v) is 9.90. The summed E-state index contributed by atoms with van der Waals surface area (Å²) in [5, 5.41) is 10.4. The van der Waals surface area contributed by atoms with Gasteiger partial charge in [-0.25, -0.2) is 0 Å². The second-order valence-electron chi connectivity index (χ2n) is 7.10. The van der Waals surface area contributed by atoms with Crippen molar-refractivity contribution in [2.24, 2.45) is 17.8 Å². The molecular weight excluding hydrogens is 342 g/mol. The molecule has 2 aliphatic rings. The highest BCUT2D eigenvalue weighted by Crippen LogP contribution is 2.46. The summed E-state index contributed by atoms with van der Waals surface area (Å²) in [6.07, 6.45) is 2.97. The van der Waals surface area contributed by atoms with E-state index in [2.05, 4.69) is 0 Å². The predicted octanol–water partition coefficient (Wildman–Crippen LogP) is 1.54. The van der Waals surface area contributed by atoms with Crippen molar-refractivity contribution in [2.45, 2.75) is 24.2 Å². The van der Waals surface area contributed by atoms with Crippen LogP contribution in [0.5, 0.6) is 0 Å². The molecule has 0 saturated heterocycles. The van der Waals surface area contributed by atoms with Crippen molar-refractivity contribution < 1.29 is 23.2 Å². The maximum Gasteiger partial charge on any atom is 0.545 e. The van der Waals surface area contributed by atoms with Crippen molar-refractivity contribution in [3.05, 3.63) is 30.3 Å². The van der Waals surface area contributed by atoms with Gasteiger partial charge >= 0.3 is 16.1 Å². The smallest absolute Gasteiger partial charge is 0.347 e. The van der Waals surface area contributed by atoms with Gasteiger partial charge in [-0.05, 0) is 56.1 Å². The highest BCUT2D eigenvalue weighted by Gasteiger charge is 2.50. The topological polar surface area (TPSA) is 89.7 Å². The summed E-state index contributed by atoms with van der Waals surface area (Å²) in [6, 6.07) is 6.63. The van der Waals surface area contributed by atoms with Crippen molar-refractivity contribution in [3.8, 4) is 0 Å². The van der Waals surface area contributed by atoms with Crippen LogP contribution in [0.25, 0.3) is 0 Å². The monoisotopic (exact) mass is 366 g/mol. The molecular formula is C17H24N3O4S+. The first kappa shape index (κ1) is 17.9. The van der Waals surface area contributed by atoms with Gasteiger partial charge in [0.25, 0.3) is 0 Å². The van der Waals surface area contributed by atoms with Crippen LogP contribution in [0, 0.1) is 17.8 Å². The Kier molecular flexibility index (Phi) is 4.83. The van der Waals surface area contributed by atoms with Crippen LogP contribution in [-0.2, 0) is 10.0 Å². The summed E-state index contributed by atoms with van der Waals surface area (Å²) in [6.45, 7) is 0.728. The van der Waals surface area contributed by atoms with Crippen LogP contribution in [0.4, 0.5) is 4.79 Å². The van der Waals surface area contributed by atoms with E-state index in [0.717, 1.165) is 25.8 Å². The molecule has 0 aromatic heterocycles. The standard InChI is InChI=1S/C17H23N3O4S/c1-19(2)11-15-12-8-9-13(10-12)16(15)20(22)17(21)18-25(23,24)14-6-4-3-5-7-14/h3-7,12-13,15H,8-11H2,1-2H3,(H-,18,21,22)/p+1/b20-16-/t12-,13+,15+/m1/s1. The Morgan fingerprint density at radius 2 is 1.96 bits per heavy atom. The second-order valence-corrected chi connectivity index (χ2v) is 8.78. The zero-order valence-electron chi connectivity index (χ0n) is 14.4. The van der Waals surface area contributed by atoms with Crippen LogP contribution in [0.2, 0.25) is 0 Å². The third-order valence-electron chi connectivity index (χ3n) is 5.11. The summed E-state index contributed by atoms with van der Waals surface area (Å²) in [7, 11) is -0.113. The Balaban J connectivity index is 1.85. The highest BCUT2D eigenvalue weighted by molar-refractivity contribution is 7.90. The summed E-state index contributed by atoms with van der Waals surface area (Å²) in [5.74, 6) is 0.657. The van der Waals surface area contributed by atoms with Gasteiger partial charge in [0.05, 0.1) is 0 Å². The van der Waals surface area contributed by atoms with Crippen LogP contribution >= 0.6 is 0 Å². The van der Waals surface area contributed by atoms with Gasteiger partial charge in [0.1, 0.15) is 10.6 Å². The van der Waals surface area contributed by atoms with Gasteiger partial charge < -0.3 is 10.1 Å². The Morgan fingerprint density at radius 3 is 2.60 bits per heavy atom. The number of hydroxylamine groups is 1. The average molecular weight is 366 g/mol. The number of benzene rings is 1. The van der Waals surface area contributed by atoms with Gasteiger partial charge in [-0.15, -0.1) is 4.72 Å². The molecule has 0 spiro atoms. The normalized spacial score (nSPS) is 27.6. The first-order chi connectivity index (χ1) is 11.8. The van der Waals surface area contributed by atoms with Crippen LogP contribution in [0.1, 0.15) is 19.3 Å². The fourth-order valence-electron chi connectivity index (χ4n) is 4.09. The number of carbonyl (C=O) groups is 1. The third-order valence-corrected chi connectivity index (χ3v) is 6.45. The summed E-state index contributed by atoms with van der Waals surface area (Å²) < 4.78 is 27.1. The zero-order valence-corrected chi connectivity index (χ0v) is 15.2. The third kappa shape index (κ3) is 3.55. The minimum atomic E-state index is -4.01. The number of carbonyl (C=O) groups excluding carboxylic acids is 1. The molecule has 2 saturated carbocycles. The van der Waals surface area contributed by atoms with Gasteiger partial charge in [-0.2, -0.15) is 13.2 Å². The summed E-state index contributed by atoms with van der Waals surface area (Å²) in [4.78, 5) is 14.4. The number of fused-ring (bicyclic) bond motifs is 2. The van der Waals surface area contributed by atoms with E-state index in [4.69, 9.17) is 0 Å². The van der Waals surface area contributed by atoms with Crippen molar-refractivity contribution in [3.63, 3.8) is 0 Å². The molecule has 0 heterocycles. The van der Waals surface area contributed by atoms with E-state index in [1.54, 1.807) is 18.2 Å². The van der Waals surface area contributed by atoms with Gasteiger partial charge in [0, 0.05) is 18.4 Å². The molecule has 2 N–H and O–H groups in total. The molecule has 2 aliphatic carbocycles. The predicted molar refractivity (Wildman–Crippen MR) is 92.1 cm³/mol. The van der Waals surface area contributed by atoms with E-state index in [1.165, 1.54) is 12.1 Å². The van der Waals surface area contributed by atoms with Crippen LogP contribution in [-0.4, -0.2) is 55.6 Å². The molecule has 0 unspecified atom stereocenters. The van der Waals surface area contributed by atoms with E-state index in [1.807, 2.05) is 23.7 Å². The summed E-state index contributed by atoms with van der Waals surface area (Å²) >= 11 is 0. The first-order valence-electron chi connectivity index (χ1n) is 8.42. The Morgan fingerprint density at radius 1 is 1.28 bits per heavy atom. The van der Waals surface area contributed by atoms with Crippen LogP contribution < -0.4 is 4.72 Å². The SMILES string of the molecule is CN(C)C[C@@H]1/C(=[N+](\O)C(=O)NS(=O)(=O)c2ccccc2)[C@H]2CC[C@@H]1C2. The Labute approximate surface area is 148 Å². The quantitative estimate of drug-likeness (QED) is 0.365. The van der Waals surface area contributed by atoms with E-state index in [-0.39, 0.29) is 16.7 Å². The molecule has 0 radical (unpaired) electrons. The molecule has 2 bridgehead atoms. The number of hydrogen-bond donors (Lipinski definition) is 2. The molecule has 8 heteroatoms. The zero-order chi connectivity index (χ0) is 18.2. The number of rotatable bonds is 4. The molecule has 7 nitrogen and oxygen atoms in total. The fraction of sp³-hybridized carbons (Fsp3) is 0.529. The number of urea groups is 1. The molecule has 3 rings (SSSR count). The Hall–Kier alpha value is -1.93. The maximum atomic E-state index is 12.4. The molecule has 0 aliphatic heterocycles. The number of hydrogen-bond acceptors (Lipinski definition) is 5. The summed E-state index contributed by atoms with van der Waals surface area (Å²) in [5.41, 5.74) is 0.644. The number of nitrogens with one attached hydrogen (secondary N) is 1. The number of nitrogens with zero attached hydrogens (tertiary/aromatic N) is 2. The molecule has 2 amide bonds. The largest absolute Gasteiger partial charge is 0.545 e. The molecule has 2 fully saturated rings. The molecule has 1 aromatic rings. The van der Waals surface area contributed by atoms with Crippen molar-refractivity contribution >= 4 is 21.8 Å². The Bertz CT molecular complexity index is 789. The molecule has 1 aromatic carbocycles. The van der Waals surface area contributed by atoms with Crippen molar-refractivity contribution in [1.82, 2.24) is 9.62 Å². The van der Waals surface area contributed by atoms with Crippen LogP contribution in [0.15, 0.2) is 35.2 Å². The van der Waals surface area contributed by atoms with E-state index >= 15 is 0 Å². The molecule has 25 heavy (non-hydrogen) atoms. The second kappa shape index (κ2) is 6.76. The lowest BCUT2D eigenvalue weighted by Gasteiger charge is -2.25. The van der Waals surface area contributed by atoms with Crippen molar-refractivity contribution in [2.75, 3.05) is 20.6 Å². The lowest BCUT2D eigenvalue weighted by atomic mass is 9.86. The van der Waals surface area contributed by atoms with Gasteiger partial charge in [0.15, 0.2) is 0 Å². The van der Waals surface area contributed by atoms with Crippen LogP contribution in [0.3, 0.4) is 0 Å². The van der Waals surface area contributed by atoms with E-state index < -0.39 is 16.1 Å². The number of sulfonamides is 1. The van der Waals surface area contributed by atoms with Gasteiger partial charge in [-0.1, -0.05) is 18.2 Å². The van der Waals surface area contributed by atoms with Gasteiger partial charge in [0.2, 0.25) is 0 Å².